The zero-order valence-corrected chi connectivity index (χ0v) is 12.6. The van der Waals surface area contributed by atoms with Gasteiger partial charge in [0.25, 0.3) is 5.91 Å². The average Bonchev–Trinajstić information content (AvgIpc) is 2.85. The topological polar surface area (TPSA) is 49.0 Å². The summed E-state index contributed by atoms with van der Waals surface area (Å²) >= 11 is 0. The molecule has 0 atom stereocenters. The Bertz CT molecular complexity index is 621. The second kappa shape index (κ2) is 6.52. The van der Waals surface area contributed by atoms with Crippen LogP contribution in [0.15, 0.2) is 30.3 Å². The maximum absolute atomic E-state index is 13.1. The fourth-order valence-corrected chi connectivity index (χ4v) is 2.19. The van der Waals surface area contributed by atoms with E-state index in [9.17, 15) is 9.18 Å². The molecule has 1 amide bonds. The van der Waals surface area contributed by atoms with Gasteiger partial charge in [-0.3, -0.25) is 9.89 Å². The summed E-state index contributed by atoms with van der Waals surface area (Å²) in [7, 11) is 1.68. The molecule has 21 heavy (non-hydrogen) atoms. The van der Waals surface area contributed by atoms with Gasteiger partial charge in [-0.05, 0) is 36.1 Å². The fourth-order valence-electron chi connectivity index (χ4n) is 2.19. The SMILES string of the molecule is CC(C)Cc1cc(C(=O)N(C)Cc2cccc(F)c2)n[nH]1. The van der Waals surface area contributed by atoms with E-state index in [4.69, 9.17) is 0 Å². The van der Waals surface area contributed by atoms with Crippen LogP contribution in [0.4, 0.5) is 4.39 Å². The molecule has 0 aliphatic heterocycles. The van der Waals surface area contributed by atoms with Gasteiger partial charge in [-0.15, -0.1) is 0 Å². The smallest absolute Gasteiger partial charge is 0.274 e. The number of carbonyl (C=O) groups is 1. The van der Waals surface area contributed by atoms with Crippen molar-refractivity contribution in [1.29, 1.82) is 0 Å². The van der Waals surface area contributed by atoms with Gasteiger partial charge in [0.05, 0.1) is 0 Å². The molecule has 0 radical (unpaired) electrons. The molecule has 1 aromatic carbocycles. The highest BCUT2D eigenvalue weighted by Crippen LogP contribution is 2.11. The van der Waals surface area contributed by atoms with E-state index in [-0.39, 0.29) is 11.7 Å². The summed E-state index contributed by atoms with van der Waals surface area (Å²) in [6.45, 7) is 4.57. The number of hydrogen-bond acceptors (Lipinski definition) is 2. The van der Waals surface area contributed by atoms with Crippen LogP contribution in [0.3, 0.4) is 0 Å². The molecule has 1 N–H and O–H groups in total. The van der Waals surface area contributed by atoms with Crippen molar-refractivity contribution in [2.45, 2.75) is 26.8 Å². The lowest BCUT2D eigenvalue weighted by Crippen LogP contribution is -2.26. The van der Waals surface area contributed by atoms with Crippen LogP contribution in [0, 0.1) is 11.7 Å². The van der Waals surface area contributed by atoms with Crippen LogP contribution in [0.5, 0.6) is 0 Å². The maximum Gasteiger partial charge on any atom is 0.274 e. The number of aromatic nitrogens is 2. The van der Waals surface area contributed by atoms with Gasteiger partial charge in [-0.2, -0.15) is 5.10 Å². The highest BCUT2D eigenvalue weighted by atomic mass is 19.1. The van der Waals surface area contributed by atoms with E-state index in [0.717, 1.165) is 17.7 Å². The van der Waals surface area contributed by atoms with Crippen molar-refractivity contribution in [3.63, 3.8) is 0 Å². The molecule has 0 unspecified atom stereocenters. The quantitative estimate of drug-likeness (QED) is 0.919. The Morgan fingerprint density at radius 2 is 2.14 bits per heavy atom. The monoisotopic (exact) mass is 289 g/mol. The Morgan fingerprint density at radius 3 is 2.81 bits per heavy atom. The van der Waals surface area contributed by atoms with Gasteiger partial charge in [0, 0.05) is 19.3 Å². The van der Waals surface area contributed by atoms with Gasteiger partial charge in [0.2, 0.25) is 0 Å². The number of rotatable bonds is 5. The minimum absolute atomic E-state index is 0.175. The first kappa shape index (κ1) is 15.2. The standard InChI is InChI=1S/C16H20FN3O/c1-11(2)7-14-9-15(19-18-14)16(21)20(3)10-12-5-4-6-13(17)8-12/h4-6,8-9,11H,7,10H2,1-3H3,(H,18,19). The Morgan fingerprint density at radius 1 is 1.38 bits per heavy atom. The first-order chi connectivity index (χ1) is 9.95. The summed E-state index contributed by atoms with van der Waals surface area (Å²) in [4.78, 5) is 13.8. The average molecular weight is 289 g/mol. The molecule has 0 fully saturated rings. The highest BCUT2D eigenvalue weighted by Gasteiger charge is 2.16. The molecule has 0 aliphatic rings. The van der Waals surface area contributed by atoms with Gasteiger partial charge in [0.1, 0.15) is 11.5 Å². The summed E-state index contributed by atoms with van der Waals surface area (Å²) in [6.07, 6.45) is 0.855. The van der Waals surface area contributed by atoms with E-state index in [1.54, 1.807) is 25.2 Å². The van der Waals surface area contributed by atoms with Gasteiger partial charge >= 0.3 is 0 Å². The number of halogens is 1. The summed E-state index contributed by atoms with van der Waals surface area (Å²) in [5.74, 6) is 0.0243. The third-order valence-electron chi connectivity index (χ3n) is 3.13. The van der Waals surface area contributed by atoms with Crippen LogP contribution in [0.25, 0.3) is 0 Å². The molecule has 1 heterocycles. The van der Waals surface area contributed by atoms with Crippen molar-refractivity contribution < 1.29 is 9.18 Å². The summed E-state index contributed by atoms with van der Waals surface area (Å²) < 4.78 is 13.1. The van der Waals surface area contributed by atoms with Crippen LogP contribution in [-0.4, -0.2) is 28.1 Å². The van der Waals surface area contributed by atoms with Gasteiger partial charge in [-0.25, -0.2) is 4.39 Å². The zero-order valence-electron chi connectivity index (χ0n) is 12.6. The first-order valence-corrected chi connectivity index (χ1v) is 7.00. The Labute approximate surface area is 124 Å². The number of benzene rings is 1. The van der Waals surface area contributed by atoms with E-state index in [2.05, 4.69) is 24.0 Å². The first-order valence-electron chi connectivity index (χ1n) is 7.00. The molecule has 1 aromatic heterocycles. The van der Waals surface area contributed by atoms with E-state index >= 15 is 0 Å². The third kappa shape index (κ3) is 4.15. The molecule has 0 saturated carbocycles. The molecule has 0 aliphatic carbocycles. The molecule has 0 saturated heterocycles. The number of hydrogen-bond donors (Lipinski definition) is 1. The van der Waals surface area contributed by atoms with Crippen molar-refractivity contribution >= 4 is 5.91 Å². The zero-order chi connectivity index (χ0) is 15.4. The Kier molecular flexibility index (Phi) is 4.73. The summed E-state index contributed by atoms with van der Waals surface area (Å²) in [6, 6.07) is 8.03. The van der Waals surface area contributed by atoms with E-state index < -0.39 is 0 Å². The number of nitrogens with one attached hydrogen (secondary N) is 1. The lowest BCUT2D eigenvalue weighted by molar-refractivity contribution is 0.0779. The van der Waals surface area contributed by atoms with Crippen LogP contribution in [0.1, 0.15) is 35.6 Å². The number of aromatic amines is 1. The highest BCUT2D eigenvalue weighted by molar-refractivity contribution is 5.92. The van der Waals surface area contributed by atoms with Gasteiger partial charge in [-0.1, -0.05) is 26.0 Å². The Hall–Kier alpha value is -2.17. The fraction of sp³-hybridized carbons (Fsp3) is 0.375. The second-order valence-electron chi connectivity index (χ2n) is 5.67. The van der Waals surface area contributed by atoms with Crippen LogP contribution >= 0.6 is 0 Å². The minimum Gasteiger partial charge on any atom is -0.336 e. The van der Waals surface area contributed by atoms with Crippen molar-refractivity contribution in [2.75, 3.05) is 7.05 Å². The van der Waals surface area contributed by atoms with E-state index in [1.807, 2.05) is 0 Å². The second-order valence-corrected chi connectivity index (χ2v) is 5.67. The molecule has 112 valence electrons. The van der Waals surface area contributed by atoms with Crippen molar-refractivity contribution in [1.82, 2.24) is 15.1 Å². The third-order valence-corrected chi connectivity index (χ3v) is 3.13. The molecular formula is C16H20FN3O. The van der Waals surface area contributed by atoms with Crippen molar-refractivity contribution in [3.8, 4) is 0 Å². The molecule has 0 bridgehead atoms. The van der Waals surface area contributed by atoms with Crippen molar-refractivity contribution in [3.05, 3.63) is 53.1 Å². The van der Waals surface area contributed by atoms with Crippen LogP contribution < -0.4 is 0 Å². The molecule has 4 nitrogen and oxygen atoms in total. The predicted octanol–water partition coefficient (Wildman–Crippen LogP) is 3.02. The molecule has 5 heteroatoms. The minimum atomic E-state index is -0.299. The number of nitrogens with zero attached hydrogens (tertiary/aromatic N) is 2. The molecular weight excluding hydrogens is 269 g/mol. The summed E-state index contributed by atoms with van der Waals surface area (Å²) in [5, 5.41) is 6.95. The van der Waals surface area contributed by atoms with E-state index in [1.165, 1.54) is 17.0 Å². The van der Waals surface area contributed by atoms with Gasteiger partial charge < -0.3 is 4.90 Å². The van der Waals surface area contributed by atoms with Crippen LogP contribution in [-0.2, 0) is 13.0 Å². The largest absolute Gasteiger partial charge is 0.336 e. The summed E-state index contributed by atoms with van der Waals surface area (Å²) in [5.41, 5.74) is 2.10. The van der Waals surface area contributed by atoms with Gasteiger partial charge in [0.15, 0.2) is 0 Å². The predicted molar refractivity (Wildman–Crippen MR) is 79.3 cm³/mol. The van der Waals surface area contributed by atoms with Crippen LogP contribution in [0.2, 0.25) is 0 Å². The maximum atomic E-state index is 13.1. The molecule has 2 rings (SSSR count). The van der Waals surface area contributed by atoms with Crippen molar-refractivity contribution in [2.24, 2.45) is 5.92 Å². The number of amides is 1. The number of carbonyl (C=O) groups excluding carboxylic acids is 1. The normalized spacial score (nSPS) is 10.9. The Balaban J connectivity index is 2.03. The lowest BCUT2D eigenvalue weighted by Gasteiger charge is -2.15. The lowest BCUT2D eigenvalue weighted by atomic mass is 10.1. The van der Waals surface area contributed by atoms with E-state index in [0.29, 0.717) is 18.2 Å². The molecule has 2 aromatic rings. The molecule has 0 spiro atoms. The number of H-pyrrole nitrogens is 1.